The fraction of sp³-hybridized carbons (Fsp3) is 0.429. The number of Topliss-reactive ketones (excluding diaryl/α,β-unsaturated/α-hetero) is 1. The first-order chi connectivity index (χ1) is 9.15. The average Bonchev–Trinajstić information content (AvgIpc) is 2.81. The zero-order chi connectivity index (χ0) is 13.8. The van der Waals surface area contributed by atoms with Gasteiger partial charge in [-0.05, 0) is 31.2 Å². The van der Waals surface area contributed by atoms with Gasteiger partial charge in [-0.2, -0.15) is 0 Å². The second-order valence-corrected chi connectivity index (χ2v) is 4.35. The van der Waals surface area contributed by atoms with Crippen LogP contribution in [0.3, 0.4) is 0 Å². The third kappa shape index (κ3) is 2.86. The lowest BCUT2D eigenvalue weighted by molar-refractivity contribution is -0.149. The van der Waals surface area contributed by atoms with Gasteiger partial charge in [0.2, 0.25) is 0 Å². The monoisotopic (exact) mass is 263 g/mol. The molecule has 1 heterocycles. The van der Waals surface area contributed by atoms with Crippen LogP contribution in [0.25, 0.3) is 0 Å². The van der Waals surface area contributed by atoms with E-state index in [4.69, 9.17) is 9.47 Å². The van der Waals surface area contributed by atoms with Gasteiger partial charge in [-0.15, -0.1) is 0 Å². The molecule has 2 rings (SSSR count). The molecule has 0 radical (unpaired) electrons. The Balaban J connectivity index is 2.07. The molecule has 1 fully saturated rings. The number of benzene rings is 1. The number of anilines is 1. The summed E-state index contributed by atoms with van der Waals surface area (Å²) in [6.45, 7) is 2.66. The quantitative estimate of drug-likeness (QED) is 0.604. The van der Waals surface area contributed by atoms with Gasteiger partial charge in [0, 0.05) is 12.2 Å². The first kappa shape index (κ1) is 13.4. The van der Waals surface area contributed by atoms with Crippen molar-refractivity contribution in [3.05, 3.63) is 24.3 Å². The molecule has 19 heavy (non-hydrogen) atoms. The van der Waals surface area contributed by atoms with Gasteiger partial charge in [0.15, 0.2) is 5.78 Å². The number of hydrogen-bond acceptors (Lipinski definition) is 5. The number of ether oxygens (including phenoxy) is 2. The van der Waals surface area contributed by atoms with Crippen LogP contribution < -0.4 is 9.64 Å². The molecule has 0 N–H and O–H groups in total. The molecule has 0 aliphatic carbocycles. The molecule has 5 nitrogen and oxygen atoms in total. The summed E-state index contributed by atoms with van der Waals surface area (Å²) < 4.78 is 10.00. The number of methoxy groups -OCH3 is 1. The second kappa shape index (κ2) is 5.73. The Morgan fingerprint density at radius 3 is 2.63 bits per heavy atom. The number of rotatable bonds is 4. The first-order valence-electron chi connectivity index (χ1n) is 6.24. The SMILES string of the molecule is CCOC(=O)C1CN(c2ccc(OC)cc2)CC1=O. The maximum Gasteiger partial charge on any atom is 0.318 e. The lowest BCUT2D eigenvalue weighted by Crippen LogP contribution is -2.25. The third-order valence-electron chi connectivity index (χ3n) is 3.15. The molecule has 0 spiro atoms. The van der Waals surface area contributed by atoms with E-state index in [0.717, 1.165) is 11.4 Å². The van der Waals surface area contributed by atoms with Crippen molar-refractivity contribution in [1.82, 2.24) is 0 Å². The van der Waals surface area contributed by atoms with Crippen molar-refractivity contribution in [2.75, 3.05) is 31.7 Å². The molecule has 102 valence electrons. The summed E-state index contributed by atoms with van der Waals surface area (Å²) in [7, 11) is 1.60. The third-order valence-corrected chi connectivity index (χ3v) is 3.15. The number of carbonyl (C=O) groups is 2. The van der Waals surface area contributed by atoms with E-state index >= 15 is 0 Å². The highest BCUT2D eigenvalue weighted by molar-refractivity contribution is 6.04. The number of hydrogen-bond donors (Lipinski definition) is 0. The van der Waals surface area contributed by atoms with Crippen molar-refractivity contribution in [3.63, 3.8) is 0 Å². The summed E-state index contributed by atoms with van der Waals surface area (Å²) in [6, 6.07) is 7.41. The minimum absolute atomic E-state index is 0.0886. The Hall–Kier alpha value is -2.04. The van der Waals surface area contributed by atoms with Gasteiger partial charge in [0.25, 0.3) is 0 Å². The van der Waals surface area contributed by atoms with E-state index in [9.17, 15) is 9.59 Å². The highest BCUT2D eigenvalue weighted by atomic mass is 16.5. The molecule has 0 saturated carbocycles. The molecule has 0 amide bonds. The Morgan fingerprint density at radius 1 is 1.37 bits per heavy atom. The van der Waals surface area contributed by atoms with Crippen molar-refractivity contribution in [2.45, 2.75) is 6.92 Å². The number of nitrogens with zero attached hydrogens (tertiary/aromatic N) is 1. The van der Waals surface area contributed by atoms with Crippen LogP contribution in [-0.2, 0) is 14.3 Å². The molecule has 0 aromatic heterocycles. The standard InChI is InChI=1S/C14H17NO4/c1-3-19-14(17)12-8-15(9-13(12)16)10-4-6-11(18-2)7-5-10/h4-7,12H,3,8-9H2,1-2H3. The van der Waals surface area contributed by atoms with Crippen molar-refractivity contribution < 1.29 is 19.1 Å². The van der Waals surface area contributed by atoms with Crippen molar-refractivity contribution in [1.29, 1.82) is 0 Å². The minimum Gasteiger partial charge on any atom is -0.497 e. The fourth-order valence-electron chi connectivity index (χ4n) is 2.12. The molecule has 0 bridgehead atoms. The number of ketones is 1. The summed E-state index contributed by atoms with van der Waals surface area (Å²) >= 11 is 0. The van der Waals surface area contributed by atoms with Crippen molar-refractivity contribution in [3.8, 4) is 5.75 Å². The van der Waals surface area contributed by atoms with Crippen LogP contribution in [0, 0.1) is 5.92 Å². The van der Waals surface area contributed by atoms with E-state index in [-0.39, 0.29) is 12.3 Å². The lowest BCUT2D eigenvalue weighted by Gasteiger charge is -2.17. The molecule has 1 aromatic rings. The van der Waals surface area contributed by atoms with E-state index in [1.165, 1.54) is 0 Å². The van der Waals surface area contributed by atoms with Crippen molar-refractivity contribution >= 4 is 17.4 Å². The van der Waals surface area contributed by atoms with Gasteiger partial charge < -0.3 is 14.4 Å². The largest absolute Gasteiger partial charge is 0.497 e. The van der Waals surface area contributed by atoms with Gasteiger partial charge in [0.1, 0.15) is 11.7 Å². The zero-order valence-electron chi connectivity index (χ0n) is 11.1. The first-order valence-corrected chi connectivity index (χ1v) is 6.24. The summed E-state index contributed by atoms with van der Waals surface area (Å²) in [6.07, 6.45) is 0. The highest BCUT2D eigenvalue weighted by Gasteiger charge is 2.37. The molecule has 1 saturated heterocycles. The van der Waals surface area contributed by atoms with Gasteiger partial charge in [-0.3, -0.25) is 9.59 Å². The zero-order valence-corrected chi connectivity index (χ0v) is 11.1. The predicted molar refractivity (Wildman–Crippen MR) is 70.3 cm³/mol. The molecule has 1 aromatic carbocycles. The smallest absolute Gasteiger partial charge is 0.318 e. The van der Waals surface area contributed by atoms with Crippen LogP contribution >= 0.6 is 0 Å². The molecule has 5 heteroatoms. The Morgan fingerprint density at radius 2 is 2.05 bits per heavy atom. The topological polar surface area (TPSA) is 55.8 Å². The van der Waals surface area contributed by atoms with E-state index in [1.54, 1.807) is 14.0 Å². The summed E-state index contributed by atoms with van der Waals surface area (Å²) in [5, 5.41) is 0. The second-order valence-electron chi connectivity index (χ2n) is 4.35. The van der Waals surface area contributed by atoms with E-state index < -0.39 is 11.9 Å². The van der Waals surface area contributed by atoms with Crippen molar-refractivity contribution in [2.24, 2.45) is 5.92 Å². The number of carbonyl (C=O) groups excluding carboxylic acids is 2. The molecule has 1 aliphatic heterocycles. The van der Waals surface area contributed by atoms with Gasteiger partial charge in [-0.1, -0.05) is 0 Å². The van der Waals surface area contributed by atoms with Crippen LogP contribution in [0.1, 0.15) is 6.92 Å². The highest BCUT2D eigenvalue weighted by Crippen LogP contribution is 2.24. The van der Waals surface area contributed by atoms with Crippen LogP contribution in [0.4, 0.5) is 5.69 Å². The minimum atomic E-state index is -0.665. The average molecular weight is 263 g/mol. The van der Waals surface area contributed by atoms with Crippen LogP contribution in [0.15, 0.2) is 24.3 Å². The predicted octanol–water partition coefficient (Wildman–Crippen LogP) is 1.26. The summed E-state index contributed by atoms with van der Waals surface area (Å²) in [5.74, 6) is -0.420. The maximum absolute atomic E-state index is 11.8. The summed E-state index contributed by atoms with van der Waals surface area (Å²) in [4.78, 5) is 25.4. The Labute approximate surface area is 112 Å². The van der Waals surface area contributed by atoms with Crippen LogP contribution in [-0.4, -0.2) is 38.6 Å². The summed E-state index contributed by atoms with van der Waals surface area (Å²) in [5.41, 5.74) is 0.904. The molecule has 1 aliphatic rings. The van der Waals surface area contributed by atoms with Gasteiger partial charge >= 0.3 is 5.97 Å². The Kier molecular flexibility index (Phi) is 4.04. The van der Waals surface area contributed by atoms with Gasteiger partial charge in [0.05, 0.1) is 20.3 Å². The fourth-order valence-corrected chi connectivity index (χ4v) is 2.12. The van der Waals surface area contributed by atoms with Crippen LogP contribution in [0.2, 0.25) is 0 Å². The molecule has 1 unspecified atom stereocenters. The number of esters is 1. The molecule has 1 atom stereocenters. The molecular weight excluding hydrogens is 246 g/mol. The normalized spacial score (nSPS) is 18.5. The Bertz CT molecular complexity index is 469. The maximum atomic E-state index is 11.8. The molecular formula is C14H17NO4. The van der Waals surface area contributed by atoms with E-state index in [1.807, 2.05) is 29.2 Å². The van der Waals surface area contributed by atoms with E-state index in [2.05, 4.69) is 0 Å². The van der Waals surface area contributed by atoms with E-state index in [0.29, 0.717) is 13.2 Å². The van der Waals surface area contributed by atoms with Crippen LogP contribution in [0.5, 0.6) is 5.75 Å². The van der Waals surface area contributed by atoms with Gasteiger partial charge in [-0.25, -0.2) is 0 Å². The lowest BCUT2D eigenvalue weighted by atomic mass is 10.1.